The molecule has 4 unspecified atom stereocenters. The first-order chi connectivity index (χ1) is 22.5. The lowest BCUT2D eigenvalue weighted by atomic mass is 9.91. The molecule has 1 saturated heterocycles. The molecule has 1 amide bonds. The number of ether oxygens (including phenoxy) is 3. The van der Waals surface area contributed by atoms with Crippen LogP contribution < -0.4 is 5.32 Å². The van der Waals surface area contributed by atoms with E-state index in [1.54, 1.807) is 23.1 Å². The number of para-hydroxylation sites is 1. The summed E-state index contributed by atoms with van der Waals surface area (Å²) in [6.45, 7) is 6.27. The number of carbonyl (C=O) groups is 1. The van der Waals surface area contributed by atoms with Gasteiger partial charge in [0.15, 0.2) is 10.6 Å². The van der Waals surface area contributed by atoms with Crippen LogP contribution in [0.15, 0.2) is 114 Å². The van der Waals surface area contributed by atoms with E-state index in [1.165, 1.54) is 10.8 Å². The molecule has 1 aromatic heterocycles. The van der Waals surface area contributed by atoms with Gasteiger partial charge in [-0.15, -0.1) is 11.3 Å². The maximum atomic E-state index is 11.8. The number of thiazole rings is 1. The Hall–Kier alpha value is -3.99. The van der Waals surface area contributed by atoms with Gasteiger partial charge in [0.25, 0.3) is 0 Å². The number of alkyl carbamates (subject to hydrolysis) is 1. The quantitative estimate of drug-likeness (QED) is 0.109. The molecule has 5 aromatic rings. The largest absolute Gasteiger partial charge is 0.445 e. The second-order valence-electron chi connectivity index (χ2n) is 11.1. The first-order valence-corrected chi connectivity index (χ1v) is 17.0. The van der Waals surface area contributed by atoms with Crippen molar-refractivity contribution < 1.29 is 24.1 Å². The van der Waals surface area contributed by atoms with Crippen LogP contribution in [0.2, 0.25) is 0 Å². The van der Waals surface area contributed by atoms with Gasteiger partial charge in [-0.25, -0.2) is 9.78 Å². The van der Waals surface area contributed by atoms with Crippen LogP contribution in [-0.4, -0.2) is 34.6 Å². The van der Waals surface area contributed by atoms with Gasteiger partial charge in [-0.05, 0) is 46.0 Å². The molecule has 0 bridgehead atoms. The summed E-state index contributed by atoms with van der Waals surface area (Å²) in [6.07, 6.45) is 0.239. The molecule has 0 spiro atoms. The molecule has 7 nitrogen and oxygen atoms in total. The zero-order valence-electron chi connectivity index (χ0n) is 25.5. The van der Waals surface area contributed by atoms with Gasteiger partial charge >= 0.3 is 6.09 Å². The molecule has 236 valence electrons. The Bertz CT molecular complexity index is 1740. The van der Waals surface area contributed by atoms with Gasteiger partial charge in [-0.2, -0.15) is 0 Å². The van der Waals surface area contributed by atoms with Crippen LogP contribution >= 0.6 is 23.1 Å². The molecule has 4 atom stereocenters. The van der Waals surface area contributed by atoms with Crippen LogP contribution in [0.3, 0.4) is 0 Å². The third-order valence-corrected chi connectivity index (χ3v) is 10.2. The Kier molecular flexibility index (Phi) is 10.5. The standard InChI is InChI=1S/C37H36N2O5S2/c1-3-19-42-36(41)38-21-26-7-6-8-30(20-26)27-15-17-29(18-16-27)35-43-32(23-45-37-39-31-9-4-5-10-33(31)46-37)24(2)34(44-35)28-13-11-25(22-40)12-14-28/h3-18,20,24,32,34-35,40H,1,19,21-23H2,2H3,(H,38,41). The molecule has 1 fully saturated rings. The summed E-state index contributed by atoms with van der Waals surface area (Å²) in [5.74, 6) is 0.828. The number of nitrogens with one attached hydrogen (secondary N) is 1. The van der Waals surface area contributed by atoms with E-state index >= 15 is 0 Å². The van der Waals surface area contributed by atoms with Crippen molar-refractivity contribution in [2.45, 2.75) is 42.9 Å². The minimum absolute atomic E-state index is 0.00255. The zero-order chi connectivity index (χ0) is 31.9. The average molecular weight is 653 g/mol. The number of hydrogen-bond donors (Lipinski definition) is 2. The number of hydrogen-bond acceptors (Lipinski definition) is 8. The number of thioether (sulfide) groups is 1. The number of aromatic nitrogens is 1. The molecule has 1 aliphatic rings. The van der Waals surface area contributed by atoms with E-state index in [1.807, 2.05) is 60.7 Å². The number of aliphatic hydroxyl groups excluding tert-OH is 1. The zero-order valence-corrected chi connectivity index (χ0v) is 27.1. The minimum atomic E-state index is -0.550. The number of fused-ring (bicyclic) bond motifs is 1. The number of aliphatic hydroxyl groups is 1. The number of benzene rings is 4. The summed E-state index contributed by atoms with van der Waals surface area (Å²) in [6, 6.07) is 32.5. The topological polar surface area (TPSA) is 89.9 Å². The Balaban J connectivity index is 1.19. The van der Waals surface area contributed by atoms with Gasteiger partial charge in [0.2, 0.25) is 0 Å². The Morgan fingerprint density at radius 2 is 1.76 bits per heavy atom. The molecule has 2 heterocycles. The summed E-state index contributed by atoms with van der Waals surface area (Å²) < 4.78 is 20.5. The Morgan fingerprint density at radius 3 is 2.52 bits per heavy atom. The van der Waals surface area contributed by atoms with Crippen molar-refractivity contribution in [2.24, 2.45) is 5.92 Å². The fraction of sp³-hybridized carbons (Fsp3) is 0.243. The van der Waals surface area contributed by atoms with Crippen molar-refractivity contribution in [3.05, 3.63) is 132 Å². The summed E-state index contributed by atoms with van der Waals surface area (Å²) in [5.41, 5.74) is 6.93. The van der Waals surface area contributed by atoms with Gasteiger partial charge in [-0.3, -0.25) is 0 Å². The van der Waals surface area contributed by atoms with Crippen molar-refractivity contribution in [3.63, 3.8) is 0 Å². The maximum Gasteiger partial charge on any atom is 0.407 e. The van der Waals surface area contributed by atoms with Crippen LogP contribution in [0.1, 0.15) is 41.6 Å². The normalized spacial score (nSPS) is 19.5. The van der Waals surface area contributed by atoms with Crippen molar-refractivity contribution in [1.82, 2.24) is 10.3 Å². The highest BCUT2D eigenvalue weighted by atomic mass is 32.2. The fourth-order valence-corrected chi connectivity index (χ4v) is 7.69. The third kappa shape index (κ3) is 7.68. The minimum Gasteiger partial charge on any atom is -0.445 e. The first kappa shape index (κ1) is 32.0. The summed E-state index contributed by atoms with van der Waals surface area (Å²) in [5, 5.41) is 12.3. The predicted octanol–water partition coefficient (Wildman–Crippen LogP) is 8.45. The fourth-order valence-electron chi connectivity index (χ4n) is 5.43. The molecule has 0 saturated carbocycles. The highest BCUT2D eigenvalue weighted by Crippen LogP contribution is 2.43. The van der Waals surface area contributed by atoms with Crippen molar-refractivity contribution in [2.75, 3.05) is 12.4 Å². The predicted molar refractivity (Wildman–Crippen MR) is 184 cm³/mol. The van der Waals surface area contributed by atoms with E-state index in [0.29, 0.717) is 6.54 Å². The van der Waals surface area contributed by atoms with E-state index in [4.69, 9.17) is 19.2 Å². The Labute approximate surface area is 277 Å². The monoisotopic (exact) mass is 652 g/mol. The van der Waals surface area contributed by atoms with E-state index in [2.05, 4.69) is 55.2 Å². The number of rotatable bonds is 11. The molecular formula is C37H36N2O5S2. The van der Waals surface area contributed by atoms with Gasteiger partial charge in [0.05, 0.1) is 29.0 Å². The van der Waals surface area contributed by atoms with Crippen LogP contribution in [0.25, 0.3) is 21.3 Å². The summed E-state index contributed by atoms with van der Waals surface area (Å²) >= 11 is 3.43. The van der Waals surface area contributed by atoms with Crippen molar-refractivity contribution in [1.29, 1.82) is 0 Å². The first-order valence-electron chi connectivity index (χ1n) is 15.2. The Morgan fingerprint density at radius 1 is 0.978 bits per heavy atom. The van der Waals surface area contributed by atoms with Gasteiger partial charge < -0.3 is 24.6 Å². The van der Waals surface area contributed by atoms with Crippen LogP contribution in [0.4, 0.5) is 4.79 Å². The molecule has 2 N–H and O–H groups in total. The summed E-state index contributed by atoms with van der Waals surface area (Å²) in [7, 11) is 0. The lowest BCUT2D eigenvalue weighted by molar-refractivity contribution is -0.268. The molecule has 6 rings (SSSR count). The third-order valence-electron chi connectivity index (χ3n) is 7.98. The van der Waals surface area contributed by atoms with E-state index in [-0.39, 0.29) is 31.3 Å². The number of carbonyl (C=O) groups excluding carboxylic acids is 1. The lowest BCUT2D eigenvalue weighted by Gasteiger charge is -2.41. The second kappa shape index (κ2) is 15.1. The summed E-state index contributed by atoms with van der Waals surface area (Å²) in [4.78, 5) is 16.6. The maximum absolute atomic E-state index is 11.8. The average Bonchev–Trinajstić information content (AvgIpc) is 3.53. The highest BCUT2D eigenvalue weighted by molar-refractivity contribution is 8.01. The van der Waals surface area contributed by atoms with Gasteiger partial charge in [0.1, 0.15) is 6.61 Å². The van der Waals surface area contributed by atoms with Gasteiger partial charge in [0, 0.05) is 23.8 Å². The molecule has 4 aromatic carbocycles. The van der Waals surface area contributed by atoms with Crippen molar-refractivity contribution >= 4 is 39.4 Å². The molecule has 0 radical (unpaired) electrons. The molecule has 0 aliphatic carbocycles. The van der Waals surface area contributed by atoms with Crippen LogP contribution in [0, 0.1) is 5.92 Å². The van der Waals surface area contributed by atoms with Gasteiger partial charge in [-0.1, -0.05) is 110 Å². The van der Waals surface area contributed by atoms with E-state index < -0.39 is 12.4 Å². The molecule has 1 aliphatic heterocycles. The van der Waals surface area contributed by atoms with Crippen molar-refractivity contribution in [3.8, 4) is 11.1 Å². The SMILES string of the molecule is C=CCOC(=O)NCc1cccc(-c2ccc(C3OC(CSc4nc5ccccc5s4)C(C)C(c4ccc(CO)cc4)O3)cc2)c1. The number of amides is 1. The lowest BCUT2D eigenvalue weighted by Crippen LogP contribution is -2.38. The van der Waals surface area contributed by atoms with E-state index in [0.717, 1.165) is 49.0 Å². The second-order valence-corrected chi connectivity index (χ2v) is 13.4. The molecular weight excluding hydrogens is 617 g/mol. The van der Waals surface area contributed by atoms with Crippen LogP contribution in [0.5, 0.6) is 0 Å². The number of nitrogens with zero attached hydrogens (tertiary/aromatic N) is 1. The molecule has 9 heteroatoms. The highest BCUT2D eigenvalue weighted by Gasteiger charge is 2.38. The molecule has 46 heavy (non-hydrogen) atoms. The van der Waals surface area contributed by atoms with E-state index in [9.17, 15) is 9.90 Å². The van der Waals surface area contributed by atoms with Crippen LogP contribution in [-0.2, 0) is 27.4 Å². The smallest absolute Gasteiger partial charge is 0.407 e.